The zero-order chi connectivity index (χ0) is 17.1. The van der Waals surface area contributed by atoms with E-state index in [1.54, 1.807) is 30.3 Å². The summed E-state index contributed by atoms with van der Waals surface area (Å²) in [7, 11) is 0. The molecule has 23 heavy (non-hydrogen) atoms. The molecule has 0 aliphatic carbocycles. The van der Waals surface area contributed by atoms with Gasteiger partial charge < -0.3 is 4.84 Å². The van der Waals surface area contributed by atoms with E-state index in [-0.39, 0.29) is 5.71 Å². The average molecular weight is 329 g/mol. The predicted molar refractivity (Wildman–Crippen MR) is 70.3 cm³/mol. The van der Waals surface area contributed by atoms with Gasteiger partial charge in [0.1, 0.15) is 5.56 Å². The standard InChI is InChI=1S/C15H8F5NO2/c1-7(8-5-3-2-4-6-8)21-23-15(22)9-10(16)12(18)14(20)13(19)11(9)17/h2-6H,1H3/b21-7+. The van der Waals surface area contributed by atoms with Gasteiger partial charge in [-0.15, -0.1) is 0 Å². The molecule has 0 heterocycles. The Kier molecular flexibility index (Phi) is 4.73. The summed E-state index contributed by atoms with van der Waals surface area (Å²) >= 11 is 0. The number of rotatable bonds is 3. The predicted octanol–water partition coefficient (Wildman–Crippen LogP) is 3.96. The van der Waals surface area contributed by atoms with Gasteiger partial charge in [-0.05, 0) is 12.5 Å². The van der Waals surface area contributed by atoms with Crippen LogP contribution in [0.15, 0.2) is 35.5 Å². The van der Waals surface area contributed by atoms with Gasteiger partial charge in [0.25, 0.3) is 0 Å². The first-order valence-corrected chi connectivity index (χ1v) is 6.17. The second-order valence-corrected chi connectivity index (χ2v) is 4.37. The number of nitrogens with zero attached hydrogens (tertiary/aromatic N) is 1. The third kappa shape index (κ3) is 3.20. The number of benzene rings is 2. The van der Waals surface area contributed by atoms with Crippen LogP contribution in [0.4, 0.5) is 22.0 Å². The fourth-order valence-corrected chi connectivity index (χ4v) is 1.67. The number of carbonyl (C=O) groups excluding carboxylic acids is 1. The van der Waals surface area contributed by atoms with Crippen LogP contribution in [0.3, 0.4) is 0 Å². The summed E-state index contributed by atoms with van der Waals surface area (Å²) in [6.07, 6.45) is 0. The average Bonchev–Trinajstić information content (AvgIpc) is 2.57. The molecule has 0 N–H and O–H groups in total. The molecule has 0 aliphatic heterocycles. The lowest BCUT2D eigenvalue weighted by Crippen LogP contribution is -2.14. The normalized spacial score (nSPS) is 11.5. The van der Waals surface area contributed by atoms with Crippen LogP contribution < -0.4 is 0 Å². The van der Waals surface area contributed by atoms with Crippen LogP contribution in [-0.4, -0.2) is 11.7 Å². The van der Waals surface area contributed by atoms with Crippen molar-refractivity contribution < 1.29 is 31.6 Å². The maximum Gasteiger partial charge on any atom is 0.371 e. The number of hydrogen-bond donors (Lipinski definition) is 0. The van der Waals surface area contributed by atoms with E-state index < -0.39 is 40.6 Å². The van der Waals surface area contributed by atoms with Crippen molar-refractivity contribution in [3.8, 4) is 0 Å². The lowest BCUT2D eigenvalue weighted by Gasteiger charge is -2.06. The lowest BCUT2D eigenvalue weighted by atomic mass is 10.1. The lowest BCUT2D eigenvalue weighted by molar-refractivity contribution is 0.0501. The third-order valence-corrected chi connectivity index (χ3v) is 2.87. The highest BCUT2D eigenvalue weighted by atomic mass is 19.2. The molecule has 2 aromatic carbocycles. The first-order chi connectivity index (χ1) is 10.8. The minimum atomic E-state index is -2.36. The van der Waals surface area contributed by atoms with Crippen molar-refractivity contribution in [3.63, 3.8) is 0 Å². The highest BCUT2D eigenvalue weighted by Crippen LogP contribution is 2.23. The van der Waals surface area contributed by atoms with Crippen molar-refractivity contribution in [3.05, 3.63) is 70.5 Å². The molecule has 0 fully saturated rings. The summed E-state index contributed by atoms with van der Waals surface area (Å²) < 4.78 is 65.8. The van der Waals surface area contributed by atoms with Crippen LogP contribution >= 0.6 is 0 Å². The SMILES string of the molecule is C/C(=N\OC(=O)c1c(F)c(F)c(F)c(F)c1F)c1ccccc1. The van der Waals surface area contributed by atoms with Crippen LogP contribution in [0.5, 0.6) is 0 Å². The van der Waals surface area contributed by atoms with Crippen LogP contribution in [0.25, 0.3) is 0 Å². The highest BCUT2D eigenvalue weighted by Gasteiger charge is 2.31. The van der Waals surface area contributed by atoms with Crippen molar-refractivity contribution in [2.45, 2.75) is 6.92 Å². The third-order valence-electron chi connectivity index (χ3n) is 2.87. The monoisotopic (exact) mass is 329 g/mol. The van der Waals surface area contributed by atoms with E-state index in [1.165, 1.54) is 6.92 Å². The molecule has 8 heteroatoms. The molecule has 0 aliphatic rings. The van der Waals surface area contributed by atoms with E-state index >= 15 is 0 Å². The van der Waals surface area contributed by atoms with Crippen LogP contribution in [0.1, 0.15) is 22.8 Å². The van der Waals surface area contributed by atoms with E-state index in [4.69, 9.17) is 0 Å². The topological polar surface area (TPSA) is 38.7 Å². The molecule has 120 valence electrons. The first-order valence-electron chi connectivity index (χ1n) is 6.17. The fraction of sp³-hybridized carbons (Fsp3) is 0.0667. The Morgan fingerprint density at radius 3 is 1.87 bits per heavy atom. The van der Waals surface area contributed by atoms with Crippen LogP contribution in [0.2, 0.25) is 0 Å². The first kappa shape index (κ1) is 16.6. The summed E-state index contributed by atoms with van der Waals surface area (Å²) in [5, 5.41) is 3.33. The van der Waals surface area contributed by atoms with Crippen molar-refractivity contribution in [1.29, 1.82) is 0 Å². The van der Waals surface area contributed by atoms with E-state index in [0.29, 0.717) is 5.56 Å². The molecule has 0 atom stereocenters. The molecule has 2 aromatic rings. The molecular weight excluding hydrogens is 321 g/mol. The number of oxime groups is 1. The molecule has 0 saturated heterocycles. The van der Waals surface area contributed by atoms with Crippen molar-refractivity contribution >= 4 is 11.7 Å². The molecule has 2 rings (SSSR count). The second kappa shape index (κ2) is 6.55. The van der Waals surface area contributed by atoms with Gasteiger partial charge in [0.05, 0.1) is 5.71 Å². The molecule has 0 bridgehead atoms. The summed E-state index contributed by atoms with van der Waals surface area (Å²) in [5.74, 6) is -13.2. The molecule has 0 saturated carbocycles. The summed E-state index contributed by atoms with van der Waals surface area (Å²) in [6, 6.07) is 8.29. The summed E-state index contributed by atoms with van der Waals surface area (Å²) in [6.45, 7) is 1.43. The second-order valence-electron chi connectivity index (χ2n) is 4.37. The Bertz CT molecular complexity index is 761. The van der Waals surface area contributed by atoms with Gasteiger partial charge >= 0.3 is 5.97 Å². The van der Waals surface area contributed by atoms with E-state index in [9.17, 15) is 26.7 Å². The molecule has 0 radical (unpaired) electrons. The molecular formula is C15H8F5NO2. The Hall–Kier alpha value is -2.77. The maximum atomic E-state index is 13.4. The Labute approximate surface area is 127 Å². The number of hydrogen-bond acceptors (Lipinski definition) is 3. The molecule has 0 spiro atoms. The van der Waals surface area contributed by atoms with Crippen molar-refractivity contribution in [1.82, 2.24) is 0 Å². The molecule has 0 amide bonds. The Morgan fingerprint density at radius 1 is 0.870 bits per heavy atom. The maximum absolute atomic E-state index is 13.4. The van der Waals surface area contributed by atoms with Gasteiger partial charge in [-0.25, -0.2) is 26.7 Å². The minimum absolute atomic E-state index is 0.169. The number of carbonyl (C=O) groups is 1. The smallest absolute Gasteiger partial charge is 0.312 e. The summed E-state index contributed by atoms with van der Waals surface area (Å²) in [5.41, 5.74) is -0.994. The molecule has 0 unspecified atom stereocenters. The van der Waals surface area contributed by atoms with Gasteiger partial charge in [-0.3, -0.25) is 0 Å². The largest absolute Gasteiger partial charge is 0.371 e. The van der Waals surface area contributed by atoms with Gasteiger partial charge in [0.2, 0.25) is 5.82 Å². The zero-order valence-corrected chi connectivity index (χ0v) is 11.5. The summed E-state index contributed by atoms with van der Waals surface area (Å²) in [4.78, 5) is 15.8. The van der Waals surface area contributed by atoms with Crippen LogP contribution in [-0.2, 0) is 4.84 Å². The minimum Gasteiger partial charge on any atom is -0.312 e. The van der Waals surface area contributed by atoms with E-state index in [0.717, 1.165) is 0 Å². The highest BCUT2D eigenvalue weighted by molar-refractivity contribution is 5.99. The number of halogens is 5. The van der Waals surface area contributed by atoms with E-state index in [2.05, 4.69) is 9.99 Å². The van der Waals surface area contributed by atoms with Crippen molar-refractivity contribution in [2.75, 3.05) is 0 Å². The quantitative estimate of drug-likeness (QED) is 0.213. The van der Waals surface area contributed by atoms with Gasteiger partial charge in [-0.1, -0.05) is 35.5 Å². The Balaban J connectivity index is 2.32. The van der Waals surface area contributed by atoms with Gasteiger partial charge in [0, 0.05) is 0 Å². The van der Waals surface area contributed by atoms with Crippen LogP contribution in [0, 0.1) is 29.1 Å². The van der Waals surface area contributed by atoms with E-state index in [1.807, 2.05) is 0 Å². The van der Waals surface area contributed by atoms with Gasteiger partial charge in [-0.2, -0.15) is 0 Å². The molecule has 0 aromatic heterocycles. The van der Waals surface area contributed by atoms with Gasteiger partial charge in [0.15, 0.2) is 23.3 Å². The zero-order valence-electron chi connectivity index (χ0n) is 11.5. The Morgan fingerprint density at radius 2 is 1.35 bits per heavy atom. The van der Waals surface area contributed by atoms with Crippen molar-refractivity contribution in [2.24, 2.45) is 5.16 Å². The fourth-order valence-electron chi connectivity index (χ4n) is 1.67. The molecule has 3 nitrogen and oxygen atoms in total.